The number of benzene rings is 1. The van der Waals surface area contributed by atoms with Crippen LogP contribution in [0.5, 0.6) is 0 Å². The van der Waals surface area contributed by atoms with E-state index in [9.17, 15) is 0 Å². The Morgan fingerprint density at radius 1 is 1.06 bits per heavy atom. The molecule has 16 heavy (non-hydrogen) atoms. The first-order valence-corrected chi connectivity index (χ1v) is 7.42. The molecule has 0 aliphatic heterocycles. The van der Waals surface area contributed by atoms with Crippen LogP contribution in [0.25, 0.3) is 0 Å². The van der Waals surface area contributed by atoms with Crippen LogP contribution in [0.4, 0.5) is 0 Å². The number of fused-ring (bicyclic) bond motifs is 2. The van der Waals surface area contributed by atoms with E-state index in [2.05, 4.69) is 38.1 Å². The summed E-state index contributed by atoms with van der Waals surface area (Å²) in [7, 11) is 1.18. The van der Waals surface area contributed by atoms with Gasteiger partial charge in [-0.05, 0) is 61.1 Å². The fourth-order valence-electron chi connectivity index (χ4n) is 3.52. The number of rotatable bonds is 1. The van der Waals surface area contributed by atoms with E-state index in [1.165, 1.54) is 23.1 Å². The first kappa shape index (κ1) is 10.3. The van der Waals surface area contributed by atoms with Gasteiger partial charge in [-0.15, -0.1) is 0 Å². The average molecular weight is 228 g/mol. The van der Waals surface area contributed by atoms with Gasteiger partial charge in [0.15, 0.2) is 0 Å². The van der Waals surface area contributed by atoms with Gasteiger partial charge < -0.3 is 0 Å². The minimum Gasteiger partial charge on any atom is -0.0851 e. The van der Waals surface area contributed by atoms with Crippen LogP contribution >= 0.6 is 0 Å². The second-order valence-corrected chi connectivity index (χ2v) is 6.69. The van der Waals surface area contributed by atoms with Gasteiger partial charge in [-0.3, -0.25) is 0 Å². The molecule has 0 spiro atoms. The summed E-state index contributed by atoms with van der Waals surface area (Å²) in [5.41, 5.74) is 4.75. The van der Waals surface area contributed by atoms with E-state index < -0.39 is 0 Å². The topological polar surface area (TPSA) is 0 Å². The molecule has 0 nitrogen and oxygen atoms in total. The molecule has 3 unspecified atom stereocenters. The van der Waals surface area contributed by atoms with Crippen molar-refractivity contribution >= 4 is 15.4 Å². The number of allylic oxidation sites excluding steroid dienone is 2. The zero-order valence-electron chi connectivity index (χ0n) is 10.5. The fraction of sp³-hybridized carbons (Fsp3) is 0.467. The molecule has 1 fully saturated rings. The SMILES string of the molecule is Cc1c([SiH3])ccc(C2CC3C=CC2C3)c1C. The minimum absolute atomic E-state index is 0.816. The molecule has 1 heteroatoms. The molecule has 0 saturated heterocycles. The van der Waals surface area contributed by atoms with Crippen LogP contribution < -0.4 is 5.19 Å². The molecular weight excluding hydrogens is 208 g/mol. The maximum atomic E-state index is 2.46. The van der Waals surface area contributed by atoms with Gasteiger partial charge in [0, 0.05) is 10.2 Å². The van der Waals surface area contributed by atoms with Gasteiger partial charge in [-0.25, -0.2) is 0 Å². The second-order valence-electron chi connectivity index (χ2n) is 5.61. The monoisotopic (exact) mass is 228 g/mol. The highest BCUT2D eigenvalue weighted by Gasteiger charge is 2.37. The van der Waals surface area contributed by atoms with E-state index in [0.29, 0.717) is 0 Å². The molecule has 0 N–H and O–H groups in total. The van der Waals surface area contributed by atoms with Crippen molar-refractivity contribution < 1.29 is 0 Å². The molecule has 0 amide bonds. The second kappa shape index (κ2) is 3.59. The normalized spacial score (nSPS) is 31.5. The Bertz CT molecular complexity index is 459. The van der Waals surface area contributed by atoms with Crippen LogP contribution in [0, 0.1) is 25.7 Å². The molecule has 2 aliphatic carbocycles. The van der Waals surface area contributed by atoms with Crippen molar-refractivity contribution in [3.63, 3.8) is 0 Å². The predicted octanol–water partition coefficient (Wildman–Crippen LogP) is 1.97. The zero-order chi connectivity index (χ0) is 11.3. The third kappa shape index (κ3) is 1.41. The van der Waals surface area contributed by atoms with E-state index in [1.54, 1.807) is 21.9 Å². The lowest BCUT2D eigenvalue weighted by Crippen LogP contribution is -2.14. The van der Waals surface area contributed by atoms with Crippen LogP contribution in [-0.2, 0) is 0 Å². The Balaban J connectivity index is 2.02. The zero-order valence-corrected chi connectivity index (χ0v) is 12.5. The summed E-state index contributed by atoms with van der Waals surface area (Å²) >= 11 is 0. The van der Waals surface area contributed by atoms with Crippen LogP contribution in [0.15, 0.2) is 24.3 Å². The third-order valence-electron chi connectivity index (χ3n) is 4.78. The Morgan fingerprint density at radius 2 is 1.88 bits per heavy atom. The summed E-state index contributed by atoms with van der Waals surface area (Å²) in [6, 6.07) is 4.77. The summed E-state index contributed by atoms with van der Waals surface area (Å²) in [5.74, 6) is 2.53. The molecule has 3 rings (SSSR count). The van der Waals surface area contributed by atoms with Crippen molar-refractivity contribution in [2.45, 2.75) is 32.6 Å². The van der Waals surface area contributed by atoms with Crippen LogP contribution in [0.3, 0.4) is 0 Å². The summed E-state index contributed by atoms with van der Waals surface area (Å²) in [6.45, 7) is 4.62. The summed E-state index contributed by atoms with van der Waals surface area (Å²) < 4.78 is 0. The van der Waals surface area contributed by atoms with Crippen molar-refractivity contribution in [1.29, 1.82) is 0 Å². The molecule has 2 aliphatic rings. The molecule has 0 radical (unpaired) electrons. The number of hydrogen-bond acceptors (Lipinski definition) is 0. The van der Waals surface area contributed by atoms with Gasteiger partial charge in [0.1, 0.15) is 0 Å². The van der Waals surface area contributed by atoms with E-state index in [1.807, 2.05) is 0 Å². The third-order valence-corrected chi connectivity index (χ3v) is 5.86. The van der Waals surface area contributed by atoms with Gasteiger partial charge >= 0.3 is 0 Å². The summed E-state index contributed by atoms with van der Waals surface area (Å²) in [4.78, 5) is 0. The van der Waals surface area contributed by atoms with E-state index in [0.717, 1.165) is 17.8 Å². The Morgan fingerprint density at radius 3 is 2.50 bits per heavy atom. The molecule has 0 heterocycles. The van der Waals surface area contributed by atoms with Crippen molar-refractivity contribution in [3.8, 4) is 0 Å². The average Bonchev–Trinajstić information content (AvgIpc) is 2.88. The van der Waals surface area contributed by atoms with Crippen molar-refractivity contribution in [2.75, 3.05) is 0 Å². The maximum absolute atomic E-state index is 2.46. The summed E-state index contributed by atoms with van der Waals surface area (Å²) in [5, 5.41) is 1.57. The van der Waals surface area contributed by atoms with E-state index in [4.69, 9.17) is 0 Å². The molecule has 84 valence electrons. The van der Waals surface area contributed by atoms with Gasteiger partial charge in [-0.1, -0.05) is 29.5 Å². The highest BCUT2D eigenvalue weighted by molar-refractivity contribution is 6.33. The lowest BCUT2D eigenvalue weighted by Gasteiger charge is -2.22. The molecule has 1 aromatic carbocycles. The maximum Gasteiger partial charge on any atom is 0.0388 e. The van der Waals surface area contributed by atoms with Crippen molar-refractivity contribution in [1.82, 2.24) is 0 Å². The van der Waals surface area contributed by atoms with Crippen LogP contribution in [0.2, 0.25) is 0 Å². The molecule has 0 aromatic heterocycles. The molecule has 2 bridgehead atoms. The lowest BCUT2D eigenvalue weighted by molar-refractivity contribution is 0.582. The van der Waals surface area contributed by atoms with Gasteiger partial charge in [0.05, 0.1) is 0 Å². The standard InChI is InChI=1S/C15H20Si/c1-9-10(2)15(16)6-5-13(9)14-8-11-3-4-12(14)7-11/h3-6,11-12,14H,7-8H2,1-2,16H3. The lowest BCUT2D eigenvalue weighted by atomic mass is 9.83. The highest BCUT2D eigenvalue weighted by Crippen LogP contribution is 2.49. The van der Waals surface area contributed by atoms with E-state index in [-0.39, 0.29) is 0 Å². The Hall–Kier alpha value is -0.823. The number of hydrogen-bond donors (Lipinski definition) is 0. The quantitative estimate of drug-likeness (QED) is 0.509. The molecular formula is C15H20Si. The first-order chi connectivity index (χ1) is 7.66. The fourth-order valence-corrected chi connectivity index (χ4v) is 4.06. The first-order valence-electron chi connectivity index (χ1n) is 6.42. The van der Waals surface area contributed by atoms with Crippen molar-refractivity contribution in [3.05, 3.63) is 41.0 Å². The Kier molecular flexibility index (Phi) is 2.32. The molecule has 3 atom stereocenters. The van der Waals surface area contributed by atoms with Crippen LogP contribution in [-0.4, -0.2) is 10.2 Å². The van der Waals surface area contributed by atoms with Crippen molar-refractivity contribution in [2.24, 2.45) is 11.8 Å². The molecule has 1 saturated carbocycles. The summed E-state index contributed by atoms with van der Waals surface area (Å²) in [6.07, 6.45) is 7.69. The van der Waals surface area contributed by atoms with Gasteiger partial charge in [0.2, 0.25) is 0 Å². The van der Waals surface area contributed by atoms with Gasteiger partial charge in [0.25, 0.3) is 0 Å². The molecule has 1 aromatic rings. The predicted molar refractivity (Wildman–Crippen MR) is 73.6 cm³/mol. The smallest absolute Gasteiger partial charge is 0.0388 e. The van der Waals surface area contributed by atoms with E-state index >= 15 is 0 Å². The minimum atomic E-state index is 0.816. The largest absolute Gasteiger partial charge is 0.0851 e. The highest BCUT2D eigenvalue weighted by atomic mass is 28.1. The Labute approximate surface area is 101 Å². The van der Waals surface area contributed by atoms with Gasteiger partial charge in [-0.2, -0.15) is 0 Å². The van der Waals surface area contributed by atoms with Crippen LogP contribution in [0.1, 0.15) is 35.4 Å².